The topological polar surface area (TPSA) is 4.93 Å². The SMILES string of the molecule is CC1(C)c2ccccc2-n2c3ccc(-c4ccc(-c5c6ccccc6c(-c6ccccc6)c6ccccc56)cc4)cc3c3cccc1c32. The normalized spacial score (nSPS) is 13.4. The van der Waals surface area contributed by atoms with Crippen molar-refractivity contribution in [2.24, 2.45) is 0 Å². The molecule has 10 rings (SSSR count). The van der Waals surface area contributed by atoms with Crippen molar-refractivity contribution in [1.82, 2.24) is 4.57 Å². The Labute approximate surface area is 280 Å². The Morgan fingerprint density at radius 3 is 1.54 bits per heavy atom. The van der Waals surface area contributed by atoms with Gasteiger partial charge in [-0.25, -0.2) is 0 Å². The summed E-state index contributed by atoms with van der Waals surface area (Å²) in [6.07, 6.45) is 0. The molecule has 0 amide bonds. The summed E-state index contributed by atoms with van der Waals surface area (Å²) in [5.74, 6) is 0. The van der Waals surface area contributed by atoms with Gasteiger partial charge < -0.3 is 4.57 Å². The van der Waals surface area contributed by atoms with Gasteiger partial charge in [-0.15, -0.1) is 0 Å². The fourth-order valence-electron chi connectivity index (χ4n) is 8.53. The van der Waals surface area contributed by atoms with Crippen molar-refractivity contribution in [2.75, 3.05) is 0 Å². The monoisotopic (exact) mass is 611 g/mol. The lowest BCUT2D eigenvalue weighted by molar-refractivity contribution is 0.630. The summed E-state index contributed by atoms with van der Waals surface area (Å²) in [6, 6.07) is 60.5. The van der Waals surface area contributed by atoms with Gasteiger partial charge in [0, 0.05) is 16.2 Å². The molecule has 0 saturated heterocycles. The summed E-state index contributed by atoms with van der Waals surface area (Å²) in [6.45, 7) is 4.72. The first-order valence-corrected chi connectivity index (χ1v) is 16.9. The lowest BCUT2D eigenvalue weighted by Gasteiger charge is -2.34. The summed E-state index contributed by atoms with van der Waals surface area (Å²) in [4.78, 5) is 0. The molecule has 0 spiro atoms. The fourth-order valence-corrected chi connectivity index (χ4v) is 8.53. The lowest BCUT2D eigenvalue weighted by atomic mass is 9.75. The van der Waals surface area contributed by atoms with Gasteiger partial charge in [-0.2, -0.15) is 0 Å². The maximum absolute atomic E-state index is 2.49. The molecule has 0 aliphatic carbocycles. The van der Waals surface area contributed by atoms with Crippen LogP contribution in [0.1, 0.15) is 25.0 Å². The van der Waals surface area contributed by atoms with E-state index in [4.69, 9.17) is 0 Å². The predicted molar refractivity (Wildman–Crippen MR) is 204 cm³/mol. The van der Waals surface area contributed by atoms with Gasteiger partial charge in [0.1, 0.15) is 0 Å². The average molecular weight is 612 g/mol. The smallest absolute Gasteiger partial charge is 0.0582 e. The Bertz CT molecular complexity index is 2670. The first-order valence-electron chi connectivity index (χ1n) is 16.9. The molecule has 1 heteroatoms. The maximum Gasteiger partial charge on any atom is 0.0582 e. The van der Waals surface area contributed by atoms with Crippen LogP contribution in [-0.4, -0.2) is 4.57 Å². The molecule has 1 aliphatic rings. The first kappa shape index (κ1) is 27.2. The van der Waals surface area contributed by atoms with Gasteiger partial charge in [-0.1, -0.05) is 159 Å². The van der Waals surface area contributed by atoms with Gasteiger partial charge >= 0.3 is 0 Å². The van der Waals surface area contributed by atoms with Crippen LogP contribution in [0.5, 0.6) is 0 Å². The van der Waals surface area contributed by atoms with Gasteiger partial charge in [0.2, 0.25) is 0 Å². The van der Waals surface area contributed by atoms with Gasteiger partial charge in [-0.3, -0.25) is 0 Å². The zero-order valence-electron chi connectivity index (χ0n) is 27.0. The number of rotatable bonds is 3. The van der Waals surface area contributed by atoms with Crippen molar-refractivity contribution in [2.45, 2.75) is 19.3 Å². The van der Waals surface area contributed by atoms with Gasteiger partial charge in [0.05, 0.1) is 16.7 Å². The number of hydrogen-bond donors (Lipinski definition) is 0. The number of aromatic nitrogens is 1. The highest BCUT2D eigenvalue weighted by molar-refractivity contribution is 6.21. The van der Waals surface area contributed by atoms with E-state index in [0.29, 0.717) is 0 Å². The van der Waals surface area contributed by atoms with Crippen molar-refractivity contribution >= 4 is 43.4 Å². The summed E-state index contributed by atoms with van der Waals surface area (Å²) in [5.41, 5.74) is 14.1. The second kappa shape index (κ2) is 10.0. The number of benzene rings is 8. The molecule has 8 aromatic carbocycles. The Morgan fingerprint density at radius 1 is 0.375 bits per heavy atom. The standard InChI is InChI=1S/C47H33N/c1-47(2)40-20-10-11-22-43(40)48-42-28-27-33(29-39(42)38-19-12-21-41(47)46(38)48)30-23-25-32(26-24-30)45-36-17-8-6-15-34(36)44(31-13-4-3-5-14-31)35-16-7-9-18-37(35)45/h3-29H,1-2H3. The van der Waals surface area contributed by atoms with E-state index < -0.39 is 0 Å². The van der Waals surface area contributed by atoms with Crippen LogP contribution in [0.4, 0.5) is 0 Å². The highest BCUT2D eigenvalue weighted by Gasteiger charge is 2.34. The minimum Gasteiger partial charge on any atom is -0.309 e. The fraction of sp³-hybridized carbons (Fsp3) is 0.0638. The molecule has 1 aliphatic heterocycles. The molecule has 2 heterocycles. The Balaban J connectivity index is 1.14. The highest BCUT2D eigenvalue weighted by Crippen LogP contribution is 2.48. The minimum atomic E-state index is -0.0627. The molecule has 0 unspecified atom stereocenters. The Hall–Kier alpha value is -5.92. The molecule has 0 atom stereocenters. The summed E-state index contributed by atoms with van der Waals surface area (Å²) >= 11 is 0. The minimum absolute atomic E-state index is 0.0627. The zero-order chi connectivity index (χ0) is 32.0. The van der Waals surface area contributed by atoms with Crippen LogP contribution in [0.2, 0.25) is 0 Å². The van der Waals surface area contributed by atoms with Crippen LogP contribution in [0, 0.1) is 0 Å². The highest BCUT2D eigenvalue weighted by atomic mass is 15.0. The van der Waals surface area contributed by atoms with Crippen LogP contribution in [0.25, 0.3) is 82.4 Å². The van der Waals surface area contributed by atoms with Gasteiger partial charge in [-0.05, 0) is 84.3 Å². The van der Waals surface area contributed by atoms with Crippen LogP contribution in [0.3, 0.4) is 0 Å². The van der Waals surface area contributed by atoms with Gasteiger partial charge in [0.25, 0.3) is 0 Å². The summed E-state index contributed by atoms with van der Waals surface area (Å²) in [7, 11) is 0. The van der Waals surface area contributed by atoms with E-state index in [-0.39, 0.29) is 5.41 Å². The van der Waals surface area contributed by atoms with Crippen molar-refractivity contribution < 1.29 is 0 Å². The second-order valence-corrected chi connectivity index (χ2v) is 13.7. The van der Waals surface area contributed by atoms with E-state index in [1.807, 2.05) is 0 Å². The van der Waals surface area contributed by atoms with Crippen LogP contribution < -0.4 is 0 Å². The molecule has 0 N–H and O–H groups in total. The largest absolute Gasteiger partial charge is 0.309 e. The first-order chi connectivity index (χ1) is 23.6. The van der Waals surface area contributed by atoms with Crippen molar-refractivity contribution in [3.8, 4) is 39.1 Å². The van der Waals surface area contributed by atoms with E-state index in [2.05, 4.69) is 182 Å². The molecule has 0 radical (unpaired) electrons. The van der Waals surface area contributed by atoms with Crippen LogP contribution >= 0.6 is 0 Å². The predicted octanol–water partition coefficient (Wildman–Crippen LogP) is 12.7. The molecule has 0 fully saturated rings. The van der Waals surface area contributed by atoms with Crippen molar-refractivity contribution in [3.05, 3.63) is 175 Å². The number of fused-ring (bicyclic) bond motifs is 7. The number of hydrogen-bond acceptors (Lipinski definition) is 0. The molecular formula is C47H33N. The third-order valence-corrected chi connectivity index (χ3v) is 10.8. The molecule has 0 bridgehead atoms. The molecule has 9 aromatic rings. The van der Waals surface area contributed by atoms with Crippen LogP contribution in [0.15, 0.2) is 164 Å². The third kappa shape index (κ3) is 3.73. The molecule has 1 nitrogen and oxygen atoms in total. The van der Waals surface area contributed by atoms with Crippen LogP contribution in [-0.2, 0) is 5.41 Å². The van der Waals surface area contributed by atoms with E-state index in [9.17, 15) is 0 Å². The molecule has 1 aromatic heterocycles. The third-order valence-electron chi connectivity index (χ3n) is 10.8. The van der Waals surface area contributed by atoms with Gasteiger partial charge in [0.15, 0.2) is 0 Å². The maximum atomic E-state index is 2.49. The number of nitrogens with zero attached hydrogens (tertiary/aromatic N) is 1. The average Bonchev–Trinajstić information content (AvgIpc) is 3.47. The Kier molecular flexibility index (Phi) is 5.69. The van der Waals surface area contributed by atoms with E-state index in [0.717, 1.165) is 0 Å². The second-order valence-electron chi connectivity index (χ2n) is 13.7. The van der Waals surface area contributed by atoms with E-state index in [1.165, 1.54) is 93.5 Å². The van der Waals surface area contributed by atoms with E-state index >= 15 is 0 Å². The molecule has 226 valence electrons. The summed E-state index contributed by atoms with van der Waals surface area (Å²) < 4.78 is 2.49. The van der Waals surface area contributed by atoms with Crippen molar-refractivity contribution in [1.29, 1.82) is 0 Å². The van der Waals surface area contributed by atoms with Crippen molar-refractivity contribution in [3.63, 3.8) is 0 Å². The molecule has 48 heavy (non-hydrogen) atoms. The molecule has 0 saturated carbocycles. The quantitative estimate of drug-likeness (QED) is 0.175. The van der Waals surface area contributed by atoms with E-state index in [1.54, 1.807) is 0 Å². The number of para-hydroxylation sites is 2. The summed E-state index contributed by atoms with van der Waals surface area (Å²) in [5, 5.41) is 7.74. The molecular weight excluding hydrogens is 579 g/mol. The Morgan fingerprint density at radius 2 is 0.875 bits per heavy atom. The zero-order valence-corrected chi connectivity index (χ0v) is 27.0. The lowest BCUT2D eigenvalue weighted by Crippen LogP contribution is -2.26.